The molecule has 3 heteroatoms. The van der Waals surface area contributed by atoms with Crippen molar-refractivity contribution in [2.45, 2.75) is 52.7 Å². The molecule has 3 nitrogen and oxygen atoms in total. The lowest BCUT2D eigenvalue weighted by Crippen LogP contribution is -2.38. The van der Waals surface area contributed by atoms with Crippen molar-refractivity contribution in [2.75, 3.05) is 0 Å². The van der Waals surface area contributed by atoms with Crippen LogP contribution in [0.5, 0.6) is 0 Å². The van der Waals surface area contributed by atoms with E-state index in [1.807, 2.05) is 30.3 Å². The fraction of sp³-hybridized carbons (Fsp3) is 0.611. The molecule has 116 valence electrons. The zero-order valence-corrected chi connectivity index (χ0v) is 13.3. The molecule has 0 bridgehead atoms. The molecule has 1 aromatic rings. The van der Waals surface area contributed by atoms with Crippen molar-refractivity contribution in [1.29, 1.82) is 0 Å². The van der Waals surface area contributed by atoms with Crippen LogP contribution in [0, 0.1) is 17.8 Å². The lowest BCUT2D eigenvalue weighted by molar-refractivity contribution is 0.00601. The van der Waals surface area contributed by atoms with E-state index in [2.05, 4.69) is 26.1 Å². The molecular weight excluding hydrogens is 262 g/mol. The highest BCUT2D eigenvalue weighted by Crippen LogP contribution is 2.35. The van der Waals surface area contributed by atoms with E-state index in [0.29, 0.717) is 24.3 Å². The first-order valence-electron chi connectivity index (χ1n) is 8.04. The van der Waals surface area contributed by atoms with Gasteiger partial charge in [-0.15, -0.1) is 0 Å². The molecule has 0 heterocycles. The van der Waals surface area contributed by atoms with Gasteiger partial charge in [-0.3, -0.25) is 0 Å². The zero-order valence-electron chi connectivity index (χ0n) is 13.3. The third-order valence-electron chi connectivity index (χ3n) is 4.50. The van der Waals surface area contributed by atoms with Gasteiger partial charge in [0.2, 0.25) is 0 Å². The van der Waals surface area contributed by atoms with Gasteiger partial charge >= 0.3 is 6.09 Å². The second-order valence-corrected chi connectivity index (χ2v) is 6.61. The number of nitrogens with one attached hydrogen (secondary N) is 1. The standard InChI is InChI=1S/C18H27NO2/c1-13(2)16-10-9-14(3)11-17(16)21-18(20)19-12-15-7-5-4-6-8-15/h4-8,13-14,16-17H,9-12H2,1-3H3,(H,19,20)/t14-,16+,17?/m1/s1. The molecule has 0 radical (unpaired) electrons. The maximum absolute atomic E-state index is 12.0. The molecule has 0 aromatic heterocycles. The zero-order chi connectivity index (χ0) is 15.2. The van der Waals surface area contributed by atoms with Gasteiger partial charge in [-0.25, -0.2) is 4.79 Å². The minimum atomic E-state index is -0.288. The average molecular weight is 289 g/mol. The number of hydrogen-bond acceptors (Lipinski definition) is 2. The normalized spacial score (nSPS) is 25.6. The van der Waals surface area contributed by atoms with Crippen LogP contribution >= 0.6 is 0 Å². The van der Waals surface area contributed by atoms with Crippen molar-refractivity contribution in [3.63, 3.8) is 0 Å². The molecule has 0 aliphatic heterocycles. The summed E-state index contributed by atoms with van der Waals surface area (Å²) < 4.78 is 5.71. The molecule has 3 atom stereocenters. The third-order valence-corrected chi connectivity index (χ3v) is 4.50. The minimum Gasteiger partial charge on any atom is -0.446 e. The van der Waals surface area contributed by atoms with E-state index in [0.717, 1.165) is 18.4 Å². The summed E-state index contributed by atoms with van der Waals surface area (Å²) in [5.41, 5.74) is 1.09. The van der Waals surface area contributed by atoms with Crippen LogP contribution in [0.25, 0.3) is 0 Å². The van der Waals surface area contributed by atoms with Gasteiger partial charge in [0.05, 0.1) is 0 Å². The molecular formula is C18H27NO2. The second-order valence-electron chi connectivity index (χ2n) is 6.61. The average Bonchev–Trinajstić information content (AvgIpc) is 2.46. The fourth-order valence-corrected chi connectivity index (χ4v) is 3.20. The smallest absolute Gasteiger partial charge is 0.407 e. The van der Waals surface area contributed by atoms with Crippen LogP contribution < -0.4 is 5.32 Å². The monoisotopic (exact) mass is 289 g/mol. The number of amides is 1. The van der Waals surface area contributed by atoms with Crippen LogP contribution in [-0.4, -0.2) is 12.2 Å². The molecule has 1 fully saturated rings. The second kappa shape index (κ2) is 7.48. The van der Waals surface area contributed by atoms with Crippen molar-refractivity contribution >= 4 is 6.09 Å². The fourth-order valence-electron chi connectivity index (χ4n) is 3.20. The number of benzene rings is 1. The molecule has 2 rings (SSSR count). The van der Waals surface area contributed by atoms with Crippen LogP contribution in [0.4, 0.5) is 4.79 Å². The topological polar surface area (TPSA) is 38.3 Å². The minimum absolute atomic E-state index is 0.0597. The van der Waals surface area contributed by atoms with Gasteiger partial charge in [0.15, 0.2) is 0 Å². The first-order chi connectivity index (χ1) is 10.1. The lowest BCUT2D eigenvalue weighted by atomic mass is 9.75. The summed E-state index contributed by atoms with van der Waals surface area (Å²) in [6.45, 7) is 7.21. The number of hydrogen-bond donors (Lipinski definition) is 1. The van der Waals surface area contributed by atoms with Gasteiger partial charge in [0.25, 0.3) is 0 Å². The van der Waals surface area contributed by atoms with E-state index in [1.165, 1.54) is 6.42 Å². The van der Waals surface area contributed by atoms with Crippen molar-refractivity contribution in [3.05, 3.63) is 35.9 Å². The van der Waals surface area contributed by atoms with Gasteiger partial charge in [0, 0.05) is 6.54 Å². The van der Waals surface area contributed by atoms with E-state index in [1.54, 1.807) is 0 Å². The Morgan fingerprint density at radius 1 is 1.29 bits per heavy atom. The lowest BCUT2D eigenvalue weighted by Gasteiger charge is -2.36. The molecule has 1 N–H and O–H groups in total. The summed E-state index contributed by atoms with van der Waals surface area (Å²) in [6, 6.07) is 9.91. The molecule has 1 aromatic carbocycles. The van der Waals surface area contributed by atoms with Gasteiger partial charge in [-0.1, -0.05) is 57.5 Å². The van der Waals surface area contributed by atoms with E-state index in [-0.39, 0.29) is 12.2 Å². The van der Waals surface area contributed by atoms with Crippen LogP contribution in [0.15, 0.2) is 30.3 Å². The quantitative estimate of drug-likeness (QED) is 0.893. The van der Waals surface area contributed by atoms with Gasteiger partial charge in [-0.2, -0.15) is 0 Å². The largest absolute Gasteiger partial charge is 0.446 e. The summed E-state index contributed by atoms with van der Waals surface area (Å²) in [4.78, 5) is 12.0. The Hall–Kier alpha value is -1.51. The highest BCUT2D eigenvalue weighted by Gasteiger charge is 2.33. The maximum Gasteiger partial charge on any atom is 0.407 e. The molecule has 21 heavy (non-hydrogen) atoms. The van der Waals surface area contributed by atoms with Crippen LogP contribution in [0.3, 0.4) is 0 Å². The van der Waals surface area contributed by atoms with Crippen LogP contribution in [0.1, 0.15) is 45.6 Å². The van der Waals surface area contributed by atoms with E-state index in [9.17, 15) is 4.79 Å². The molecule has 0 spiro atoms. The summed E-state index contributed by atoms with van der Waals surface area (Å²) in [5.74, 6) is 1.69. The highest BCUT2D eigenvalue weighted by molar-refractivity contribution is 5.67. The summed E-state index contributed by atoms with van der Waals surface area (Å²) in [7, 11) is 0. The van der Waals surface area contributed by atoms with Crippen molar-refractivity contribution < 1.29 is 9.53 Å². The summed E-state index contributed by atoms with van der Waals surface area (Å²) in [6.07, 6.45) is 3.17. The summed E-state index contributed by atoms with van der Waals surface area (Å²) in [5, 5.41) is 2.86. The van der Waals surface area contributed by atoms with Crippen LogP contribution in [0.2, 0.25) is 0 Å². The van der Waals surface area contributed by atoms with Crippen molar-refractivity contribution in [3.8, 4) is 0 Å². The maximum atomic E-state index is 12.0. The van der Waals surface area contributed by atoms with Crippen LogP contribution in [-0.2, 0) is 11.3 Å². The van der Waals surface area contributed by atoms with Crippen molar-refractivity contribution in [1.82, 2.24) is 5.32 Å². The van der Waals surface area contributed by atoms with E-state index in [4.69, 9.17) is 4.74 Å². The SMILES string of the molecule is CC(C)[C@@H]1CC[C@@H](C)CC1OC(=O)NCc1ccccc1. The Morgan fingerprint density at radius 3 is 2.67 bits per heavy atom. The first kappa shape index (κ1) is 15.9. The Morgan fingerprint density at radius 2 is 2.00 bits per heavy atom. The number of alkyl carbamates (subject to hydrolysis) is 1. The molecule has 1 amide bonds. The van der Waals surface area contributed by atoms with Gasteiger partial charge in [-0.05, 0) is 36.2 Å². The Labute approximate surface area is 128 Å². The van der Waals surface area contributed by atoms with Gasteiger partial charge in [0.1, 0.15) is 6.10 Å². The number of carbonyl (C=O) groups is 1. The molecule has 0 saturated heterocycles. The van der Waals surface area contributed by atoms with E-state index >= 15 is 0 Å². The Bertz CT molecular complexity index is 444. The molecule has 1 aliphatic carbocycles. The molecule has 1 aliphatic rings. The number of rotatable bonds is 4. The number of carbonyl (C=O) groups excluding carboxylic acids is 1. The predicted octanol–water partition coefficient (Wildman–Crippen LogP) is 4.37. The third kappa shape index (κ3) is 4.76. The van der Waals surface area contributed by atoms with Crippen molar-refractivity contribution in [2.24, 2.45) is 17.8 Å². The molecule has 1 saturated carbocycles. The van der Waals surface area contributed by atoms with E-state index < -0.39 is 0 Å². The highest BCUT2D eigenvalue weighted by atomic mass is 16.6. The Kier molecular flexibility index (Phi) is 5.66. The Balaban J connectivity index is 1.85. The first-order valence-corrected chi connectivity index (χ1v) is 8.04. The summed E-state index contributed by atoms with van der Waals surface area (Å²) >= 11 is 0. The number of ether oxygens (including phenoxy) is 1. The molecule has 1 unspecified atom stereocenters. The predicted molar refractivity (Wildman–Crippen MR) is 84.9 cm³/mol. The van der Waals surface area contributed by atoms with Gasteiger partial charge < -0.3 is 10.1 Å².